The van der Waals surface area contributed by atoms with Crippen LogP contribution in [0.2, 0.25) is 13.1 Å². The van der Waals surface area contributed by atoms with Gasteiger partial charge in [-0.05, 0) is 28.8 Å². The molecule has 0 amide bonds. The Labute approximate surface area is 279 Å². The molecule has 2 unspecified atom stereocenters. The zero-order valence-corrected chi connectivity index (χ0v) is 30.4. The van der Waals surface area contributed by atoms with E-state index in [1.54, 1.807) is 52.2 Å². The predicted molar refractivity (Wildman–Crippen MR) is 165 cm³/mol. The molecule has 41 heavy (non-hydrogen) atoms. The van der Waals surface area contributed by atoms with Crippen molar-refractivity contribution in [2.75, 3.05) is 0 Å². The van der Waals surface area contributed by atoms with Crippen molar-refractivity contribution < 1.29 is 49.5 Å². The minimum atomic E-state index is -0.976. The van der Waals surface area contributed by atoms with Crippen LogP contribution < -0.4 is 24.8 Å². The van der Waals surface area contributed by atoms with E-state index in [1.807, 2.05) is 11.3 Å². The molecule has 4 saturated carbocycles. The van der Waals surface area contributed by atoms with E-state index in [1.165, 1.54) is 66.4 Å². The molecule has 211 valence electrons. The molecule has 3 heterocycles. The fourth-order valence-corrected chi connectivity index (χ4v) is 16.7. The van der Waals surface area contributed by atoms with Gasteiger partial charge in [0.25, 0.3) is 0 Å². The summed E-state index contributed by atoms with van der Waals surface area (Å²) in [7, 11) is -0.976. The Morgan fingerprint density at radius 3 is 2.02 bits per heavy atom. The number of allylic oxidation sites excluding steroid dienone is 2. The first-order valence-corrected chi connectivity index (χ1v) is 20.6. The van der Waals surface area contributed by atoms with Gasteiger partial charge in [-0.25, -0.2) is 0 Å². The second-order valence-electron chi connectivity index (χ2n) is 14.4. The molecule has 5 heteroatoms. The summed E-state index contributed by atoms with van der Waals surface area (Å²) in [6.07, 6.45) is 11.4. The molecule has 8 aliphatic rings. The number of rotatable bonds is 2. The van der Waals surface area contributed by atoms with Crippen molar-refractivity contribution in [3.05, 3.63) is 92.2 Å². The summed E-state index contributed by atoms with van der Waals surface area (Å²) in [6.45, 7) is 9.62. The van der Waals surface area contributed by atoms with E-state index in [9.17, 15) is 0 Å². The predicted octanol–water partition coefficient (Wildman–Crippen LogP) is 4.25. The van der Waals surface area contributed by atoms with E-state index >= 15 is 0 Å². The van der Waals surface area contributed by atoms with Crippen LogP contribution in [0.1, 0.15) is 89.4 Å². The van der Waals surface area contributed by atoms with E-state index < -0.39 is 8.07 Å². The Morgan fingerprint density at radius 1 is 0.805 bits per heavy atom. The van der Waals surface area contributed by atoms with E-state index in [4.69, 9.17) is 0 Å². The molecule has 4 fully saturated rings. The number of fused-ring (bicyclic) bond motifs is 1. The molecule has 1 aromatic heterocycles. The molecule has 0 saturated heterocycles. The standard InChI is InChI=1S/C26H27.C10H12SSi.2ClH.Zr/c1-17-9-22-3-2-4-24(25(22)10-17)21-5-7-23(8-6-21)26-14-18-11-19(15-26)13-20(12-18)16-26;1-6-9-7-4-11-5-8(7)10(6)12(9,2)3;;;/h2-10,18-20H,11-16H2,1H3;4-5,9H,1-3H3;2*1H;/q;;;;+2/p-2. The van der Waals surface area contributed by atoms with Crippen molar-refractivity contribution in [2.45, 2.75) is 80.0 Å². The average Bonchev–Trinajstić information content (AvgIpc) is 3.60. The van der Waals surface area contributed by atoms with Gasteiger partial charge < -0.3 is 24.8 Å². The second-order valence-corrected chi connectivity index (χ2v) is 21.0. The Hall–Kier alpha value is -0.700. The smallest absolute Gasteiger partial charge is 1.00 e. The van der Waals surface area contributed by atoms with Gasteiger partial charge in [-0.3, -0.25) is 0 Å². The van der Waals surface area contributed by atoms with E-state index in [2.05, 4.69) is 86.2 Å². The van der Waals surface area contributed by atoms with Crippen molar-refractivity contribution >= 4 is 30.7 Å². The first kappa shape index (κ1) is 30.3. The van der Waals surface area contributed by atoms with Crippen molar-refractivity contribution in [3.63, 3.8) is 0 Å². The Kier molecular flexibility index (Phi) is 7.94. The van der Waals surface area contributed by atoms with Crippen molar-refractivity contribution in [1.82, 2.24) is 0 Å². The zero-order valence-electron chi connectivity index (χ0n) is 24.6. The van der Waals surface area contributed by atoms with Crippen molar-refractivity contribution in [3.8, 4) is 11.1 Å². The molecule has 0 spiro atoms. The van der Waals surface area contributed by atoms with Gasteiger partial charge in [0.1, 0.15) is 0 Å². The maximum absolute atomic E-state index is 2.50. The van der Waals surface area contributed by atoms with Gasteiger partial charge in [-0.2, -0.15) is 11.3 Å². The van der Waals surface area contributed by atoms with Crippen LogP contribution in [0.3, 0.4) is 0 Å². The van der Waals surface area contributed by atoms with Gasteiger partial charge in [-0.15, -0.1) is 0 Å². The van der Waals surface area contributed by atoms with Crippen LogP contribution >= 0.6 is 11.3 Å². The normalized spacial score (nSPS) is 32.1. The largest absolute Gasteiger partial charge is 1.00 e. The van der Waals surface area contributed by atoms with Gasteiger partial charge in [0.2, 0.25) is 0 Å². The van der Waals surface area contributed by atoms with Crippen LogP contribution in [-0.2, 0) is 30.1 Å². The Morgan fingerprint density at radius 2 is 1.44 bits per heavy atom. The molecule has 3 aromatic rings. The van der Waals surface area contributed by atoms with E-state index in [0.717, 1.165) is 23.3 Å². The molecule has 6 aliphatic carbocycles. The molecular weight excluding hydrogens is 655 g/mol. The zero-order chi connectivity index (χ0) is 26.7. The minimum absolute atomic E-state index is 0. The number of halogens is 2. The maximum atomic E-state index is 2.50. The van der Waals surface area contributed by atoms with E-state index in [0.29, 0.717) is 9.04 Å². The summed E-state index contributed by atoms with van der Waals surface area (Å²) in [4.78, 5) is 0. The molecule has 0 nitrogen and oxygen atoms in total. The third kappa shape index (κ3) is 4.49. The fraction of sp³-hybridized carbons (Fsp3) is 0.444. The van der Waals surface area contributed by atoms with Crippen LogP contribution in [0.25, 0.3) is 22.4 Å². The van der Waals surface area contributed by atoms with Crippen LogP contribution in [0, 0.1) is 17.8 Å². The van der Waals surface area contributed by atoms with Gasteiger partial charge >= 0.3 is 179 Å². The third-order valence-electron chi connectivity index (χ3n) is 11.6. The van der Waals surface area contributed by atoms with Crippen molar-refractivity contribution in [2.24, 2.45) is 17.8 Å². The number of benzene rings is 2. The summed E-state index contributed by atoms with van der Waals surface area (Å²) < 4.78 is 0.651. The molecule has 0 N–H and O–H groups in total. The number of hydrogen-bond donors (Lipinski definition) is 0. The molecule has 2 atom stereocenters. The van der Waals surface area contributed by atoms with Gasteiger partial charge in [-0.1, -0.05) is 23.9 Å². The topological polar surface area (TPSA) is 0 Å². The fourth-order valence-electron chi connectivity index (χ4n) is 10.4. The second kappa shape index (κ2) is 10.7. The summed E-state index contributed by atoms with van der Waals surface area (Å²) >= 11 is 3.47. The van der Waals surface area contributed by atoms with Crippen molar-refractivity contribution in [1.29, 1.82) is 0 Å². The summed E-state index contributed by atoms with van der Waals surface area (Å²) in [6, 6.07) is 16.7. The molecule has 6 bridgehead atoms. The molecular formula is C36H39Cl2SSiZr. The average molecular weight is 694 g/mol. The first-order valence-electron chi connectivity index (χ1n) is 15.2. The van der Waals surface area contributed by atoms with Crippen LogP contribution in [-0.4, -0.2) is 8.07 Å². The Balaban J connectivity index is 0.000000182. The number of hydrogen-bond acceptors (Lipinski definition) is 1. The summed E-state index contributed by atoms with van der Waals surface area (Å²) in [5.74, 6) is 3.06. The van der Waals surface area contributed by atoms with Crippen LogP contribution in [0.15, 0.2) is 64.4 Å². The number of thiophene rings is 1. The van der Waals surface area contributed by atoms with Crippen LogP contribution in [0.5, 0.6) is 0 Å². The van der Waals surface area contributed by atoms with Gasteiger partial charge in [0.05, 0.1) is 8.07 Å². The monoisotopic (exact) mass is 691 g/mol. The molecule has 11 rings (SSSR count). The summed E-state index contributed by atoms with van der Waals surface area (Å²) in [5.41, 5.74) is 15.3. The maximum Gasteiger partial charge on any atom is -1.00 e. The van der Waals surface area contributed by atoms with Gasteiger partial charge in [0.15, 0.2) is 0 Å². The Bertz CT molecular complexity index is 1530. The van der Waals surface area contributed by atoms with Crippen LogP contribution in [0.4, 0.5) is 0 Å². The van der Waals surface area contributed by atoms with Gasteiger partial charge in [0, 0.05) is 5.54 Å². The SMILES string of the molecule is CC1=C2c3cscc3C1[Si]2(C)C.CC1=Cc2c(-c3ccc(C45CC6CC(CC(C6)C4)C5)cc3)cccc2[CH]1[Zr+2].[Cl-].[Cl-]. The molecule has 2 aromatic carbocycles. The minimum Gasteiger partial charge on any atom is -1.00 e. The molecule has 2 aliphatic heterocycles. The third-order valence-corrected chi connectivity index (χ3v) is 18.4. The molecule has 0 radical (unpaired) electrons. The quantitative estimate of drug-likeness (QED) is 0.353. The first-order chi connectivity index (χ1) is 18.7. The summed E-state index contributed by atoms with van der Waals surface area (Å²) in [5, 5.41) is 6.47. The van der Waals surface area contributed by atoms with E-state index in [-0.39, 0.29) is 24.8 Å².